The number of carbonyl (C=O) groups excluding carboxylic acids is 2. The monoisotopic (exact) mass is 460 g/mol. The van der Waals surface area contributed by atoms with Gasteiger partial charge in [-0.25, -0.2) is 13.6 Å². The highest BCUT2D eigenvalue weighted by atomic mass is 35.5. The van der Waals surface area contributed by atoms with Crippen molar-refractivity contribution in [2.24, 2.45) is 0 Å². The summed E-state index contributed by atoms with van der Waals surface area (Å²) in [5, 5.41) is 1.94. The maximum Gasteiger partial charge on any atom is 0.259 e. The predicted octanol–water partition coefficient (Wildman–Crippen LogP) is 4.59. The number of hydrogen-bond acceptors (Lipinski definition) is 3. The van der Waals surface area contributed by atoms with Gasteiger partial charge in [0.15, 0.2) is 10.9 Å². The van der Waals surface area contributed by atoms with E-state index in [0.29, 0.717) is 12.8 Å². The van der Waals surface area contributed by atoms with Crippen molar-refractivity contribution in [1.29, 1.82) is 0 Å². The minimum absolute atomic E-state index is 0.0256. The Bertz CT molecular complexity index is 1190. The average Bonchev–Trinajstić information content (AvgIpc) is 2.96. The highest BCUT2D eigenvalue weighted by Crippen LogP contribution is 2.49. The smallest absolute Gasteiger partial charge is 0.259 e. The van der Waals surface area contributed by atoms with Crippen LogP contribution in [0.5, 0.6) is 0 Å². The summed E-state index contributed by atoms with van der Waals surface area (Å²) in [5.74, 6) is -2.72. The third kappa shape index (κ3) is 2.98. The maximum absolute atomic E-state index is 14.9. The molecular weight excluding hydrogens is 446 g/mol. The van der Waals surface area contributed by atoms with Gasteiger partial charge in [0.05, 0.1) is 22.8 Å². The lowest BCUT2D eigenvalue weighted by molar-refractivity contribution is -0.123. The van der Waals surface area contributed by atoms with Crippen LogP contribution in [0.3, 0.4) is 0 Å². The van der Waals surface area contributed by atoms with Crippen molar-refractivity contribution in [2.75, 3.05) is 16.8 Å². The largest absolute Gasteiger partial charge is 0.355 e. The predicted molar refractivity (Wildman–Crippen MR) is 117 cm³/mol. The van der Waals surface area contributed by atoms with E-state index < -0.39 is 34.0 Å². The molecule has 0 radical (unpaired) electrons. The Labute approximate surface area is 187 Å². The van der Waals surface area contributed by atoms with Crippen LogP contribution < -0.4 is 15.1 Å². The molecule has 1 saturated heterocycles. The number of halogens is 3. The zero-order valence-corrected chi connectivity index (χ0v) is 17.8. The summed E-state index contributed by atoms with van der Waals surface area (Å²) < 4.78 is 29.6. The number of rotatable bonds is 3. The molecule has 1 N–H and O–H groups in total. The van der Waals surface area contributed by atoms with Crippen LogP contribution in [-0.4, -0.2) is 29.5 Å². The van der Waals surface area contributed by atoms with Crippen LogP contribution in [0, 0.1) is 18.2 Å². The van der Waals surface area contributed by atoms with Gasteiger partial charge in [-0.2, -0.15) is 0 Å². The van der Waals surface area contributed by atoms with Crippen molar-refractivity contribution < 1.29 is 18.4 Å². The van der Waals surface area contributed by atoms with Crippen LogP contribution in [0.15, 0.2) is 30.3 Å². The molecule has 0 atom stereocenters. The van der Waals surface area contributed by atoms with Crippen molar-refractivity contribution in [3.05, 3.63) is 64.0 Å². The molecule has 2 aliphatic rings. The fourth-order valence-electron chi connectivity index (χ4n) is 3.94. The number of benzene rings is 2. The molecule has 1 aliphatic carbocycles. The molecule has 2 aromatic rings. The Morgan fingerprint density at radius 1 is 1.29 bits per heavy atom. The Balaban J connectivity index is 1.81. The Kier molecular flexibility index (Phi) is 5.15. The first kappa shape index (κ1) is 21.2. The number of amides is 2. The molecular formula is C21H15ClF2N4O2S. The number of hydrogen-bond donors (Lipinski definition) is 1. The van der Waals surface area contributed by atoms with Gasteiger partial charge < -0.3 is 10.2 Å². The third-order valence-electron chi connectivity index (χ3n) is 5.68. The number of thiocarbonyl (C=S) groups is 1. The second-order valence-corrected chi connectivity index (χ2v) is 7.97. The molecule has 10 heteroatoms. The van der Waals surface area contributed by atoms with Crippen LogP contribution in [0.2, 0.25) is 5.02 Å². The molecule has 1 heterocycles. The first-order chi connectivity index (χ1) is 14.8. The molecule has 31 heavy (non-hydrogen) atoms. The van der Waals surface area contributed by atoms with Gasteiger partial charge in [-0.05, 0) is 55.7 Å². The maximum atomic E-state index is 14.9. The van der Waals surface area contributed by atoms with Crippen molar-refractivity contribution in [3.8, 4) is 0 Å². The first-order valence-corrected chi connectivity index (χ1v) is 10.1. The highest BCUT2D eigenvalue weighted by Gasteiger charge is 2.60. The number of carbonyl (C=O) groups is 2. The minimum Gasteiger partial charge on any atom is -0.355 e. The van der Waals surface area contributed by atoms with E-state index in [1.165, 1.54) is 36.2 Å². The topological polar surface area (TPSA) is 57.0 Å². The van der Waals surface area contributed by atoms with Crippen LogP contribution in [0.1, 0.15) is 29.6 Å². The van der Waals surface area contributed by atoms with Crippen LogP contribution in [0.4, 0.5) is 25.8 Å². The van der Waals surface area contributed by atoms with Crippen LogP contribution >= 0.6 is 23.8 Å². The normalized spacial score (nSPS) is 17.0. The lowest BCUT2D eigenvalue weighted by atomic mass is 9.75. The molecule has 1 aliphatic heterocycles. The summed E-state index contributed by atoms with van der Waals surface area (Å²) in [5.41, 5.74) is -1.16. The highest BCUT2D eigenvalue weighted by molar-refractivity contribution is 7.81. The fraction of sp³-hybridized carbons (Fsp3) is 0.238. The second-order valence-electron chi connectivity index (χ2n) is 7.23. The van der Waals surface area contributed by atoms with Gasteiger partial charge in [0, 0.05) is 12.7 Å². The van der Waals surface area contributed by atoms with Gasteiger partial charge in [0.1, 0.15) is 11.4 Å². The Hall–Kier alpha value is -3.09. The van der Waals surface area contributed by atoms with E-state index in [4.69, 9.17) is 30.4 Å². The van der Waals surface area contributed by atoms with E-state index in [9.17, 15) is 18.4 Å². The molecule has 2 fully saturated rings. The summed E-state index contributed by atoms with van der Waals surface area (Å²) >= 11 is 11.5. The number of nitrogens with one attached hydrogen (secondary N) is 1. The molecule has 4 rings (SSSR count). The second kappa shape index (κ2) is 7.55. The molecule has 2 aromatic carbocycles. The molecule has 6 nitrogen and oxygen atoms in total. The molecule has 2 amide bonds. The quantitative estimate of drug-likeness (QED) is 0.537. The van der Waals surface area contributed by atoms with Crippen molar-refractivity contribution in [3.63, 3.8) is 0 Å². The molecule has 158 valence electrons. The molecule has 0 bridgehead atoms. The fourth-order valence-corrected chi connectivity index (χ4v) is 4.61. The summed E-state index contributed by atoms with van der Waals surface area (Å²) in [4.78, 5) is 30.9. The van der Waals surface area contributed by atoms with E-state index in [-0.39, 0.29) is 27.7 Å². The van der Waals surface area contributed by atoms with Crippen molar-refractivity contribution >= 4 is 57.8 Å². The average molecular weight is 461 g/mol. The summed E-state index contributed by atoms with van der Waals surface area (Å²) in [7, 11) is 1.39. The Morgan fingerprint density at radius 3 is 2.55 bits per heavy atom. The zero-order valence-electron chi connectivity index (χ0n) is 16.2. The van der Waals surface area contributed by atoms with Gasteiger partial charge in [0.25, 0.3) is 11.8 Å². The Morgan fingerprint density at radius 2 is 2.00 bits per heavy atom. The standard InChI is InChI=1S/C21H15ClF2N4O2S/c1-25-14-6-7-15(17(24)16(14)22)27-19(30)21(8-3-9-21)28(20(27)31)11-4-5-12(13(23)10-11)18(29)26-2/h4-7,10H,3,8-9H2,2H3,(H,26,29). The van der Waals surface area contributed by atoms with Crippen LogP contribution in [-0.2, 0) is 4.79 Å². The number of nitrogens with zero attached hydrogens (tertiary/aromatic N) is 3. The van der Waals surface area contributed by atoms with Crippen LogP contribution in [0.25, 0.3) is 4.85 Å². The van der Waals surface area contributed by atoms with Gasteiger partial charge >= 0.3 is 0 Å². The molecule has 1 saturated carbocycles. The van der Waals surface area contributed by atoms with E-state index in [1.807, 2.05) is 0 Å². The summed E-state index contributed by atoms with van der Waals surface area (Å²) in [6, 6.07) is 6.55. The van der Waals surface area contributed by atoms with E-state index in [2.05, 4.69) is 10.2 Å². The minimum atomic E-state index is -1.06. The molecule has 0 unspecified atom stereocenters. The number of anilines is 2. The van der Waals surface area contributed by atoms with E-state index >= 15 is 0 Å². The SMILES string of the molecule is [C-]#[N+]c1ccc(N2C(=O)C3(CCC3)N(c3ccc(C(=O)NC)c(F)c3)C2=S)c(F)c1Cl. The lowest BCUT2D eigenvalue weighted by Crippen LogP contribution is -2.55. The summed E-state index contributed by atoms with van der Waals surface area (Å²) in [6.07, 6.45) is 1.66. The lowest BCUT2D eigenvalue weighted by Gasteiger charge is -2.43. The molecule has 0 aromatic heterocycles. The van der Waals surface area contributed by atoms with Crippen molar-refractivity contribution in [1.82, 2.24) is 5.32 Å². The van der Waals surface area contributed by atoms with Gasteiger partial charge in [-0.15, -0.1) is 0 Å². The van der Waals surface area contributed by atoms with Gasteiger partial charge in [-0.1, -0.05) is 17.7 Å². The van der Waals surface area contributed by atoms with Crippen molar-refractivity contribution in [2.45, 2.75) is 24.8 Å². The van der Waals surface area contributed by atoms with Gasteiger partial charge in [-0.3, -0.25) is 14.5 Å². The zero-order chi connectivity index (χ0) is 22.5. The summed E-state index contributed by atoms with van der Waals surface area (Å²) in [6.45, 7) is 7.06. The third-order valence-corrected chi connectivity index (χ3v) is 6.40. The molecule has 1 spiro atoms. The first-order valence-electron chi connectivity index (χ1n) is 9.32. The van der Waals surface area contributed by atoms with E-state index in [1.54, 1.807) is 0 Å². The van der Waals surface area contributed by atoms with Gasteiger partial charge in [0.2, 0.25) is 5.69 Å². The van der Waals surface area contributed by atoms with E-state index in [0.717, 1.165) is 17.4 Å².